The van der Waals surface area contributed by atoms with Crippen LogP contribution < -0.4 is 0 Å². The average Bonchev–Trinajstić information content (AvgIpc) is 2.34. The van der Waals surface area contributed by atoms with Crippen LogP contribution in [0.5, 0.6) is 0 Å². The number of aryl methyl sites for hydroxylation is 1. The summed E-state index contributed by atoms with van der Waals surface area (Å²) < 4.78 is 1.90. The summed E-state index contributed by atoms with van der Waals surface area (Å²) in [6.07, 6.45) is 5.27. The van der Waals surface area contributed by atoms with E-state index >= 15 is 0 Å². The summed E-state index contributed by atoms with van der Waals surface area (Å²) in [6.45, 7) is 1.98. The first kappa shape index (κ1) is 5.41. The Morgan fingerprint density at radius 3 is 3.10 bits per heavy atom. The first-order chi connectivity index (χ1) is 4.88. The maximum Gasteiger partial charge on any atom is 0.101 e. The molecule has 0 atom stereocenters. The highest BCUT2D eigenvalue weighted by molar-refractivity contribution is 5.49. The van der Waals surface area contributed by atoms with Crippen molar-refractivity contribution in [2.45, 2.75) is 6.92 Å². The van der Waals surface area contributed by atoms with Crippen molar-refractivity contribution < 1.29 is 0 Å². The number of imidazole rings is 1. The Morgan fingerprint density at radius 1 is 1.40 bits per heavy atom. The summed E-state index contributed by atoms with van der Waals surface area (Å²) in [6, 6.07) is 1.95. The van der Waals surface area contributed by atoms with E-state index in [0.717, 1.165) is 11.2 Å². The summed E-state index contributed by atoms with van der Waals surface area (Å²) in [5, 5.41) is 0. The zero-order valence-electron chi connectivity index (χ0n) is 5.65. The Bertz CT molecular complexity index is 350. The third-order valence-corrected chi connectivity index (χ3v) is 1.53. The number of nitrogens with zero attached hydrogens (tertiary/aromatic N) is 3. The van der Waals surface area contributed by atoms with Gasteiger partial charge in [0.15, 0.2) is 0 Å². The van der Waals surface area contributed by atoms with Crippen LogP contribution in [0.3, 0.4) is 0 Å². The van der Waals surface area contributed by atoms with Gasteiger partial charge in [0, 0.05) is 6.20 Å². The highest BCUT2D eigenvalue weighted by Crippen LogP contribution is 2.04. The molecule has 0 radical (unpaired) electrons. The van der Waals surface area contributed by atoms with E-state index in [4.69, 9.17) is 0 Å². The standard InChI is InChI=1S/C7H7N3/c1-6-7-2-3-8-4-10(7)5-9-6/h2-5H,1H3. The third kappa shape index (κ3) is 0.603. The van der Waals surface area contributed by atoms with Crippen molar-refractivity contribution in [3.8, 4) is 0 Å². The molecule has 0 aliphatic heterocycles. The lowest BCUT2D eigenvalue weighted by atomic mass is 10.4. The molecule has 0 amide bonds. The van der Waals surface area contributed by atoms with Gasteiger partial charge in [-0.25, -0.2) is 9.97 Å². The number of hydrogen-bond acceptors (Lipinski definition) is 2. The molecule has 0 unspecified atom stereocenters. The number of aromatic nitrogens is 3. The maximum absolute atomic E-state index is 4.12. The third-order valence-electron chi connectivity index (χ3n) is 1.53. The van der Waals surface area contributed by atoms with Crippen LogP contribution in [-0.2, 0) is 0 Å². The molecule has 2 rings (SSSR count). The Labute approximate surface area is 58.4 Å². The van der Waals surface area contributed by atoms with E-state index < -0.39 is 0 Å². The number of hydrogen-bond donors (Lipinski definition) is 0. The van der Waals surface area contributed by atoms with Crippen molar-refractivity contribution in [3.63, 3.8) is 0 Å². The van der Waals surface area contributed by atoms with Crippen LogP contribution in [-0.4, -0.2) is 14.4 Å². The van der Waals surface area contributed by atoms with Gasteiger partial charge in [0.05, 0.1) is 11.2 Å². The normalized spacial score (nSPS) is 10.5. The largest absolute Gasteiger partial charge is 0.289 e. The Morgan fingerprint density at radius 2 is 2.30 bits per heavy atom. The topological polar surface area (TPSA) is 30.2 Å². The van der Waals surface area contributed by atoms with Crippen molar-refractivity contribution in [1.82, 2.24) is 14.4 Å². The minimum absolute atomic E-state index is 1.04. The highest BCUT2D eigenvalue weighted by Gasteiger charge is 1.94. The van der Waals surface area contributed by atoms with Crippen LogP contribution in [0.25, 0.3) is 5.52 Å². The molecule has 0 N–H and O–H groups in total. The van der Waals surface area contributed by atoms with Crippen LogP contribution in [0.1, 0.15) is 5.69 Å². The molecule has 2 aromatic rings. The smallest absolute Gasteiger partial charge is 0.101 e. The van der Waals surface area contributed by atoms with Crippen LogP contribution in [0.4, 0.5) is 0 Å². The van der Waals surface area contributed by atoms with Crippen LogP contribution in [0.15, 0.2) is 24.9 Å². The average molecular weight is 133 g/mol. The van der Waals surface area contributed by atoms with Gasteiger partial charge in [0.25, 0.3) is 0 Å². The van der Waals surface area contributed by atoms with Crippen molar-refractivity contribution >= 4 is 5.52 Å². The Kier molecular flexibility index (Phi) is 0.974. The molecule has 0 aliphatic carbocycles. The first-order valence-corrected chi connectivity index (χ1v) is 3.11. The molecule has 0 spiro atoms. The molecular weight excluding hydrogens is 126 g/mol. The van der Waals surface area contributed by atoms with E-state index in [1.807, 2.05) is 17.4 Å². The minimum atomic E-state index is 1.04. The molecule has 0 saturated heterocycles. The number of fused-ring (bicyclic) bond motifs is 1. The van der Waals surface area contributed by atoms with Crippen molar-refractivity contribution in [1.29, 1.82) is 0 Å². The second kappa shape index (κ2) is 1.80. The van der Waals surface area contributed by atoms with E-state index in [1.54, 1.807) is 18.9 Å². The van der Waals surface area contributed by atoms with Crippen molar-refractivity contribution in [3.05, 3.63) is 30.6 Å². The molecule has 0 aromatic carbocycles. The Balaban J connectivity index is 2.93. The van der Waals surface area contributed by atoms with Gasteiger partial charge >= 0.3 is 0 Å². The molecule has 0 saturated carbocycles. The van der Waals surface area contributed by atoms with E-state index in [9.17, 15) is 0 Å². The second-order valence-electron chi connectivity index (χ2n) is 2.20. The second-order valence-corrected chi connectivity index (χ2v) is 2.20. The van der Waals surface area contributed by atoms with Crippen molar-refractivity contribution in [2.24, 2.45) is 0 Å². The summed E-state index contributed by atoms with van der Waals surface area (Å²) >= 11 is 0. The molecule has 2 aromatic heterocycles. The lowest BCUT2D eigenvalue weighted by molar-refractivity contribution is 1.07. The van der Waals surface area contributed by atoms with Gasteiger partial charge < -0.3 is 0 Å². The van der Waals surface area contributed by atoms with Crippen LogP contribution in [0, 0.1) is 6.92 Å². The molecule has 50 valence electrons. The van der Waals surface area contributed by atoms with Crippen LogP contribution >= 0.6 is 0 Å². The quantitative estimate of drug-likeness (QED) is 0.537. The molecule has 10 heavy (non-hydrogen) atoms. The Hall–Kier alpha value is -1.38. The van der Waals surface area contributed by atoms with Gasteiger partial charge in [-0.2, -0.15) is 0 Å². The summed E-state index contributed by atoms with van der Waals surface area (Å²) in [5.41, 5.74) is 2.16. The van der Waals surface area contributed by atoms with Crippen molar-refractivity contribution in [2.75, 3.05) is 0 Å². The van der Waals surface area contributed by atoms with Crippen LogP contribution in [0.2, 0.25) is 0 Å². The van der Waals surface area contributed by atoms with E-state index in [-0.39, 0.29) is 0 Å². The number of rotatable bonds is 0. The molecule has 3 heteroatoms. The molecule has 0 aliphatic rings. The molecule has 3 nitrogen and oxygen atoms in total. The fourth-order valence-electron chi connectivity index (χ4n) is 0.987. The van der Waals surface area contributed by atoms with E-state index in [0.29, 0.717) is 0 Å². The lowest BCUT2D eigenvalue weighted by Crippen LogP contribution is -1.82. The monoisotopic (exact) mass is 133 g/mol. The van der Waals surface area contributed by atoms with Gasteiger partial charge in [-0.05, 0) is 13.0 Å². The van der Waals surface area contributed by atoms with Gasteiger partial charge in [-0.3, -0.25) is 4.40 Å². The molecular formula is C7H7N3. The molecule has 0 bridgehead atoms. The SMILES string of the molecule is Cc1ncn2cnccc12. The summed E-state index contributed by atoms with van der Waals surface area (Å²) in [5.74, 6) is 0. The fourth-order valence-corrected chi connectivity index (χ4v) is 0.987. The first-order valence-electron chi connectivity index (χ1n) is 3.11. The van der Waals surface area contributed by atoms with E-state index in [1.165, 1.54) is 0 Å². The lowest BCUT2D eigenvalue weighted by Gasteiger charge is -1.88. The van der Waals surface area contributed by atoms with Gasteiger partial charge in [-0.15, -0.1) is 0 Å². The molecule has 0 fully saturated rings. The maximum atomic E-state index is 4.12. The zero-order valence-corrected chi connectivity index (χ0v) is 5.65. The molecule has 2 heterocycles. The highest BCUT2D eigenvalue weighted by atomic mass is 15.0. The fraction of sp³-hybridized carbons (Fsp3) is 0.143. The summed E-state index contributed by atoms with van der Waals surface area (Å²) in [7, 11) is 0. The zero-order chi connectivity index (χ0) is 6.97. The van der Waals surface area contributed by atoms with Gasteiger partial charge in [-0.1, -0.05) is 0 Å². The summed E-state index contributed by atoms with van der Waals surface area (Å²) in [4.78, 5) is 8.07. The minimum Gasteiger partial charge on any atom is -0.289 e. The predicted molar refractivity (Wildman–Crippen MR) is 37.7 cm³/mol. The van der Waals surface area contributed by atoms with Gasteiger partial charge in [0.1, 0.15) is 12.7 Å². The van der Waals surface area contributed by atoms with E-state index in [2.05, 4.69) is 9.97 Å². The van der Waals surface area contributed by atoms with Gasteiger partial charge in [0.2, 0.25) is 0 Å². The predicted octanol–water partition coefficient (Wildman–Crippen LogP) is 1.04.